The molecule has 2 heterocycles. The molecule has 2 aliphatic rings. The monoisotopic (exact) mass is 419 g/mol. The largest absolute Gasteiger partial charge is 0.332 e. The van der Waals surface area contributed by atoms with Crippen LogP contribution in [0.4, 0.5) is 10.5 Å². The van der Waals surface area contributed by atoms with E-state index in [1.807, 2.05) is 6.07 Å². The van der Waals surface area contributed by atoms with E-state index in [0.717, 1.165) is 0 Å². The fourth-order valence-corrected chi connectivity index (χ4v) is 5.03. The van der Waals surface area contributed by atoms with E-state index in [2.05, 4.69) is 4.72 Å². The van der Waals surface area contributed by atoms with Crippen LogP contribution in [0.15, 0.2) is 59.5 Å². The number of anilines is 1. The van der Waals surface area contributed by atoms with Gasteiger partial charge in [0.2, 0.25) is 10.0 Å². The predicted octanol–water partition coefficient (Wildman–Crippen LogP) is 2.62. The lowest BCUT2D eigenvalue weighted by molar-refractivity contribution is -0.120. The van der Waals surface area contributed by atoms with Crippen molar-refractivity contribution in [1.82, 2.24) is 9.62 Å². The lowest BCUT2D eigenvalue weighted by Gasteiger charge is -2.32. The van der Waals surface area contributed by atoms with Crippen LogP contribution in [-0.4, -0.2) is 43.9 Å². The number of para-hydroxylation sites is 1. The van der Waals surface area contributed by atoms with E-state index in [1.54, 1.807) is 24.3 Å². The summed E-state index contributed by atoms with van der Waals surface area (Å²) in [4.78, 5) is 28.3. The van der Waals surface area contributed by atoms with Gasteiger partial charge in [-0.3, -0.25) is 4.79 Å². The molecule has 0 spiro atoms. The van der Waals surface area contributed by atoms with Crippen molar-refractivity contribution in [3.05, 3.63) is 59.6 Å². The first-order chi connectivity index (χ1) is 13.4. The molecule has 2 unspecified atom stereocenters. The fourth-order valence-electron chi connectivity index (χ4n) is 3.62. The number of benzene rings is 2. The zero-order chi connectivity index (χ0) is 19.9. The number of rotatable bonds is 4. The number of imide groups is 1. The van der Waals surface area contributed by atoms with E-state index in [4.69, 9.17) is 11.6 Å². The minimum Gasteiger partial charge on any atom is -0.312 e. The molecule has 0 radical (unpaired) electrons. The van der Waals surface area contributed by atoms with Crippen LogP contribution in [0.5, 0.6) is 0 Å². The van der Waals surface area contributed by atoms with Gasteiger partial charge < -0.3 is 4.90 Å². The number of urea groups is 1. The molecule has 2 aromatic rings. The zero-order valence-corrected chi connectivity index (χ0v) is 16.4. The minimum absolute atomic E-state index is 0.110. The second-order valence-corrected chi connectivity index (χ2v) is 8.95. The highest BCUT2D eigenvalue weighted by Crippen LogP contribution is 2.31. The van der Waals surface area contributed by atoms with Crippen molar-refractivity contribution in [3.8, 4) is 0 Å². The molecule has 2 saturated heterocycles. The number of nitrogens with one attached hydrogen (secondary N) is 1. The molecule has 2 aromatic carbocycles. The number of carbonyl (C=O) groups is 2. The highest BCUT2D eigenvalue weighted by Gasteiger charge is 2.49. The third kappa shape index (κ3) is 3.39. The van der Waals surface area contributed by atoms with Crippen molar-refractivity contribution in [2.24, 2.45) is 0 Å². The quantitative estimate of drug-likeness (QED) is 0.772. The number of fused-ring (bicyclic) bond motifs is 1. The van der Waals surface area contributed by atoms with Gasteiger partial charge in [0.15, 0.2) is 0 Å². The van der Waals surface area contributed by atoms with Crippen LogP contribution < -0.4 is 9.62 Å². The van der Waals surface area contributed by atoms with Crippen molar-refractivity contribution in [1.29, 1.82) is 0 Å². The maximum atomic E-state index is 12.8. The summed E-state index contributed by atoms with van der Waals surface area (Å²) in [7, 11) is -3.74. The first kappa shape index (κ1) is 18.9. The first-order valence-electron chi connectivity index (χ1n) is 8.84. The summed E-state index contributed by atoms with van der Waals surface area (Å²) >= 11 is 5.81. The summed E-state index contributed by atoms with van der Waals surface area (Å²) in [6.45, 7) is 0.312. The van der Waals surface area contributed by atoms with Gasteiger partial charge >= 0.3 is 6.03 Å². The summed E-state index contributed by atoms with van der Waals surface area (Å²) in [5.41, 5.74) is 0.519. The van der Waals surface area contributed by atoms with Gasteiger partial charge in [-0.2, -0.15) is 0 Å². The minimum atomic E-state index is -3.74. The van der Waals surface area contributed by atoms with Crippen LogP contribution in [-0.2, 0) is 14.8 Å². The van der Waals surface area contributed by atoms with Gasteiger partial charge in [-0.25, -0.2) is 22.8 Å². The van der Waals surface area contributed by atoms with E-state index < -0.39 is 22.1 Å². The Morgan fingerprint density at radius 1 is 1.00 bits per heavy atom. The van der Waals surface area contributed by atoms with E-state index in [1.165, 1.54) is 34.1 Å². The van der Waals surface area contributed by atoms with Crippen LogP contribution in [0.3, 0.4) is 0 Å². The number of hydrogen-bond donors (Lipinski definition) is 1. The molecule has 0 saturated carbocycles. The van der Waals surface area contributed by atoms with Crippen molar-refractivity contribution >= 4 is 39.2 Å². The second-order valence-electron chi connectivity index (χ2n) is 6.80. The number of hydrogen-bond acceptors (Lipinski definition) is 4. The van der Waals surface area contributed by atoms with E-state index in [0.29, 0.717) is 23.7 Å². The van der Waals surface area contributed by atoms with Crippen LogP contribution >= 0.6 is 11.6 Å². The topological polar surface area (TPSA) is 86.8 Å². The van der Waals surface area contributed by atoms with Crippen LogP contribution in [0.25, 0.3) is 0 Å². The number of amides is 3. The predicted molar refractivity (Wildman–Crippen MR) is 105 cm³/mol. The molecule has 2 fully saturated rings. The van der Waals surface area contributed by atoms with Gasteiger partial charge in [-0.1, -0.05) is 29.8 Å². The Morgan fingerprint density at radius 3 is 2.36 bits per heavy atom. The number of sulfonamides is 1. The Labute approximate surface area is 167 Å². The molecule has 9 heteroatoms. The van der Waals surface area contributed by atoms with E-state index in [-0.39, 0.29) is 23.3 Å². The molecule has 3 amide bonds. The zero-order valence-electron chi connectivity index (χ0n) is 14.8. The smallest absolute Gasteiger partial charge is 0.312 e. The molecule has 1 N–H and O–H groups in total. The molecule has 4 rings (SSSR count). The van der Waals surface area contributed by atoms with Crippen molar-refractivity contribution in [2.45, 2.75) is 29.8 Å². The molecule has 0 aromatic heterocycles. The highest BCUT2D eigenvalue weighted by atomic mass is 35.5. The van der Waals surface area contributed by atoms with Crippen LogP contribution in [0, 0.1) is 0 Å². The summed E-state index contributed by atoms with van der Waals surface area (Å²) in [6, 6.07) is 13.2. The lowest BCUT2D eigenvalue weighted by Crippen LogP contribution is -2.49. The highest BCUT2D eigenvalue weighted by molar-refractivity contribution is 7.89. The number of nitrogens with zero attached hydrogens (tertiary/aromatic N) is 2. The Morgan fingerprint density at radius 2 is 1.68 bits per heavy atom. The van der Waals surface area contributed by atoms with Gasteiger partial charge in [0.05, 0.1) is 10.6 Å². The Kier molecular flexibility index (Phi) is 4.86. The summed E-state index contributed by atoms with van der Waals surface area (Å²) in [5.74, 6) is -0.327. The number of piperidine rings is 1. The van der Waals surface area contributed by atoms with Gasteiger partial charge in [0, 0.05) is 17.6 Å². The van der Waals surface area contributed by atoms with Crippen molar-refractivity contribution in [3.63, 3.8) is 0 Å². The molecule has 0 aliphatic carbocycles. The summed E-state index contributed by atoms with van der Waals surface area (Å²) < 4.78 is 27.9. The standard InChI is InChI=1S/C19H18ClN3O4S/c20-13-6-8-16(9-7-13)28(26,27)21-14-10-11-22-17(12-14)18(24)23(19(22)25)15-4-2-1-3-5-15/h1-9,14,17,21H,10-12H2. The normalized spacial score (nSPS) is 22.5. The number of halogens is 1. The molecule has 7 nitrogen and oxygen atoms in total. The van der Waals surface area contributed by atoms with Gasteiger partial charge in [0.1, 0.15) is 6.04 Å². The van der Waals surface area contributed by atoms with E-state index in [9.17, 15) is 18.0 Å². The molecule has 2 aliphatic heterocycles. The molecule has 146 valence electrons. The third-order valence-corrected chi connectivity index (χ3v) is 6.79. The fraction of sp³-hybridized carbons (Fsp3) is 0.263. The van der Waals surface area contributed by atoms with Crippen molar-refractivity contribution < 1.29 is 18.0 Å². The van der Waals surface area contributed by atoms with Gasteiger partial charge in [0.25, 0.3) is 5.91 Å². The lowest BCUT2D eigenvalue weighted by atomic mass is 9.99. The Hall–Kier alpha value is -2.42. The molecular weight excluding hydrogens is 402 g/mol. The SMILES string of the molecule is O=C1C2CC(NS(=O)(=O)c3ccc(Cl)cc3)CCN2C(=O)N1c1ccccc1. The van der Waals surface area contributed by atoms with Crippen LogP contribution in [0.1, 0.15) is 12.8 Å². The number of carbonyl (C=O) groups excluding carboxylic acids is 2. The second kappa shape index (κ2) is 7.20. The van der Waals surface area contributed by atoms with Crippen LogP contribution in [0.2, 0.25) is 5.02 Å². The molecule has 28 heavy (non-hydrogen) atoms. The Bertz CT molecular complexity index is 1010. The average Bonchev–Trinajstić information content (AvgIpc) is 2.92. The van der Waals surface area contributed by atoms with Crippen molar-refractivity contribution in [2.75, 3.05) is 11.4 Å². The van der Waals surface area contributed by atoms with E-state index >= 15 is 0 Å². The molecule has 0 bridgehead atoms. The molecule has 2 atom stereocenters. The van der Waals surface area contributed by atoms with Gasteiger partial charge in [-0.05, 0) is 49.2 Å². The average molecular weight is 420 g/mol. The molecular formula is C19H18ClN3O4S. The Balaban J connectivity index is 1.51. The summed E-state index contributed by atoms with van der Waals surface area (Å²) in [6.07, 6.45) is 0.672. The first-order valence-corrected chi connectivity index (χ1v) is 10.7. The van der Waals surface area contributed by atoms with Gasteiger partial charge in [-0.15, -0.1) is 0 Å². The maximum absolute atomic E-state index is 12.8. The third-order valence-electron chi connectivity index (χ3n) is 5.01. The summed E-state index contributed by atoms with van der Waals surface area (Å²) in [5, 5.41) is 0.448. The maximum Gasteiger partial charge on any atom is 0.332 e.